The summed E-state index contributed by atoms with van der Waals surface area (Å²) in [4.78, 5) is 3.14. The molecule has 0 saturated carbocycles. The molecule has 0 aliphatic carbocycles. The summed E-state index contributed by atoms with van der Waals surface area (Å²) in [6.07, 6.45) is -0.616. The predicted octanol–water partition coefficient (Wildman–Crippen LogP) is 3.64. The minimum atomic E-state index is -4.09. The third-order valence-electron chi connectivity index (χ3n) is 4.65. The Kier molecular flexibility index (Phi) is 6.57. The molecule has 2 aromatic rings. The lowest BCUT2D eigenvalue weighted by molar-refractivity contribution is 0.0156. The number of aliphatic hydroxyl groups is 1. The van der Waals surface area contributed by atoms with Gasteiger partial charge >= 0.3 is 0 Å². The van der Waals surface area contributed by atoms with Gasteiger partial charge in [0.25, 0.3) is 15.9 Å². The molecule has 2 N–H and O–H groups in total. The number of benzene rings is 2. The normalized spacial score (nSPS) is 19.2. The van der Waals surface area contributed by atoms with Gasteiger partial charge in [-0.2, -0.15) is 13.2 Å². The van der Waals surface area contributed by atoms with Crippen LogP contribution >= 0.6 is 23.2 Å². The molecule has 1 aliphatic rings. The van der Waals surface area contributed by atoms with Crippen molar-refractivity contribution < 1.29 is 22.3 Å². The van der Waals surface area contributed by atoms with Gasteiger partial charge in [-0.3, -0.25) is 0 Å². The van der Waals surface area contributed by atoms with E-state index in [-0.39, 0.29) is 26.3 Å². The highest BCUT2D eigenvalue weighted by Crippen LogP contribution is 2.35. The minimum Gasteiger partial charge on any atom is -0.394 e. The molecular formula is C19H19Cl2F2N3O3S. The molecule has 11 heteroatoms. The third kappa shape index (κ3) is 4.85. The van der Waals surface area contributed by atoms with Crippen molar-refractivity contribution in [1.29, 1.82) is 0 Å². The van der Waals surface area contributed by atoms with E-state index in [1.807, 2.05) is 6.92 Å². The Bertz CT molecular complexity index is 1040. The van der Waals surface area contributed by atoms with Crippen LogP contribution in [-0.4, -0.2) is 49.4 Å². The van der Waals surface area contributed by atoms with E-state index in [0.29, 0.717) is 0 Å². The summed E-state index contributed by atoms with van der Waals surface area (Å²) in [5.41, 5.74) is 0.953. The van der Waals surface area contributed by atoms with Gasteiger partial charge in [-0.15, -0.1) is 5.10 Å². The molecule has 0 unspecified atom stereocenters. The lowest BCUT2D eigenvalue weighted by Gasteiger charge is -2.27. The van der Waals surface area contributed by atoms with Crippen molar-refractivity contribution in [2.45, 2.75) is 30.2 Å². The summed E-state index contributed by atoms with van der Waals surface area (Å²) < 4.78 is 53.4. The lowest BCUT2D eigenvalue weighted by Crippen LogP contribution is -2.40. The van der Waals surface area contributed by atoms with Gasteiger partial charge in [0.2, 0.25) is 0 Å². The Labute approximate surface area is 183 Å². The summed E-state index contributed by atoms with van der Waals surface area (Å²) in [6, 6.07) is 9.56. The van der Waals surface area contributed by atoms with Crippen molar-refractivity contribution in [3.05, 3.63) is 63.6 Å². The van der Waals surface area contributed by atoms with Gasteiger partial charge in [-0.25, -0.2) is 8.78 Å². The Hall–Kier alpha value is -1.94. The van der Waals surface area contributed by atoms with Crippen molar-refractivity contribution in [1.82, 2.24) is 9.73 Å². The van der Waals surface area contributed by atoms with E-state index in [0.717, 1.165) is 10.5 Å². The monoisotopic (exact) mass is 477 g/mol. The van der Waals surface area contributed by atoms with Gasteiger partial charge in [-0.1, -0.05) is 47.0 Å². The number of hydrogen-bond acceptors (Lipinski definition) is 4. The summed E-state index contributed by atoms with van der Waals surface area (Å²) in [6.45, 7) is 0.453. The van der Waals surface area contributed by atoms with E-state index in [2.05, 4.69) is 9.93 Å². The molecule has 1 aliphatic heterocycles. The Morgan fingerprint density at radius 2 is 1.83 bits per heavy atom. The summed E-state index contributed by atoms with van der Waals surface area (Å²) in [5.74, 6) is -3.30. The van der Waals surface area contributed by atoms with Crippen LogP contribution in [0.2, 0.25) is 10.0 Å². The van der Waals surface area contributed by atoms with Crippen LogP contribution in [0.25, 0.3) is 0 Å². The molecule has 0 amide bonds. The van der Waals surface area contributed by atoms with Crippen LogP contribution in [0.3, 0.4) is 0 Å². The van der Waals surface area contributed by atoms with Gasteiger partial charge in [0.1, 0.15) is 0 Å². The largest absolute Gasteiger partial charge is 0.394 e. The average molecular weight is 478 g/mol. The highest BCUT2D eigenvalue weighted by Gasteiger charge is 2.46. The molecule has 1 heterocycles. The fourth-order valence-corrected chi connectivity index (χ4v) is 4.53. The number of hydrogen-bond donors (Lipinski definition) is 2. The number of rotatable bonds is 5. The van der Waals surface area contributed by atoms with Crippen LogP contribution in [0.1, 0.15) is 17.5 Å². The number of likely N-dealkylation sites (tertiary alicyclic amines) is 1. The molecule has 162 valence electrons. The summed E-state index contributed by atoms with van der Waals surface area (Å²) in [7, 11) is -4.09. The predicted molar refractivity (Wildman–Crippen MR) is 112 cm³/mol. The Balaban J connectivity index is 2.07. The molecule has 3 rings (SSSR count). The van der Waals surface area contributed by atoms with Crippen LogP contribution < -0.4 is 4.83 Å². The van der Waals surface area contributed by atoms with Crippen molar-refractivity contribution in [3.8, 4) is 0 Å². The number of aryl methyl sites for hydroxylation is 1. The number of nitrogens with zero attached hydrogens (tertiary/aromatic N) is 2. The van der Waals surface area contributed by atoms with Crippen molar-refractivity contribution in [3.63, 3.8) is 0 Å². The average Bonchev–Trinajstić information content (AvgIpc) is 2.99. The number of alkyl halides is 2. The van der Waals surface area contributed by atoms with Crippen molar-refractivity contribution in [2.24, 2.45) is 5.10 Å². The number of aliphatic hydroxyl groups excluding tert-OH is 1. The molecule has 6 nitrogen and oxygen atoms in total. The Morgan fingerprint density at radius 3 is 2.40 bits per heavy atom. The zero-order chi connectivity index (χ0) is 22.1. The fraction of sp³-hybridized carbons (Fsp3) is 0.316. The van der Waals surface area contributed by atoms with Crippen molar-refractivity contribution in [2.75, 3.05) is 13.2 Å². The second-order valence-corrected chi connectivity index (χ2v) is 9.44. The first-order chi connectivity index (χ1) is 14.0. The minimum absolute atomic E-state index is 0.0492. The first-order valence-electron chi connectivity index (χ1n) is 8.90. The van der Waals surface area contributed by atoms with E-state index in [1.54, 1.807) is 18.2 Å². The maximum absolute atomic E-state index is 14.1. The SMILES string of the molecule is Cc1ccc(S(=O)(=O)N/N=C(\c2c(Cl)cccc2Cl)N2CC(F)(F)C[C@H]2CO)cc1. The number of sulfonamides is 1. The van der Waals surface area contributed by atoms with Crippen LogP contribution in [0.15, 0.2) is 52.5 Å². The standard InChI is InChI=1S/C19H19Cl2F2N3O3S/c1-12-5-7-14(8-6-12)30(28,29)25-24-18(17-15(20)3-2-4-16(17)21)26-11-19(22,23)9-13(26)10-27/h2-8,13,25,27H,9-11H2,1H3/b24-18+/t13-/m0/s1. The third-order valence-corrected chi connectivity index (χ3v) is 6.50. The highest BCUT2D eigenvalue weighted by atomic mass is 35.5. The van der Waals surface area contributed by atoms with Crippen LogP contribution in [0.4, 0.5) is 8.78 Å². The second kappa shape index (κ2) is 8.66. The lowest BCUT2D eigenvalue weighted by atomic mass is 10.1. The van der Waals surface area contributed by atoms with E-state index < -0.39 is 41.6 Å². The molecule has 1 saturated heterocycles. The molecule has 30 heavy (non-hydrogen) atoms. The summed E-state index contributed by atoms with van der Waals surface area (Å²) >= 11 is 12.5. The molecule has 0 spiro atoms. The van der Waals surface area contributed by atoms with Crippen LogP contribution in [-0.2, 0) is 10.0 Å². The van der Waals surface area contributed by atoms with Crippen LogP contribution in [0.5, 0.6) is 0 Å². The van der Waals surface area contributed by atoms with Crippen LogP contribution in [0, 0.1) is 6.92 Å². The molecular weight excluding hydrogens is 459 g/mol. The molecule has 2 aromatic carbocycles. The number of hydrazone groups is 1. The second-order valence-electron chi connectivity index (χ2n) is 6.96. The Morgan fingerprint density at radius 1 is 1.23 bits per heavy atom. The number of amidine groups is 1. The first kappa shape index (κ1) is 22.7. The zero-order valence-corrected chi connectivity index (χ0v) is 18.1. The first-order valence-corrected chi connectivity index (χ1v) is 11.1. The van der Waals surface area contributed by atoms with E-state index in [9.17, 15) is 22.3 Å². The molecule has 1 fully saturated rings. The van der Waals surface area contributed by atoms with Crippen molar-refractivity contribution >= 4 is 39.1 Å². The fourth-order valence-electron chi connectivity index (χ4n) is 3.16. The smallest absolute Gasteiger partial charge is 0.276 e. The molecule has 0 radical (unpaired) electrons. The summed E-state index contributed by atoms with van der Waals surface area (Å²) in [5, 5.41) is 13.7. The maximum atomic E-state index is 14.1. The highest BCUT2D eigenvalue weighted by molar-refractivity contribution is 7.89. The maximum Gasteiger partial charge on any atom is 0.276 e. The topological polar surface area (TPSA) is 82.0 Å². The number of nitrogens with one attached hydrogen (secondary N) is 1. The van der Waals surface area contributed by atoms with E-state index in [1.165, 1.54) is 24.3 Å². The van der Waals surface area contributed by atoms with Gasteiger partial charge in [0.15, 0.2) is 5.84 Å². The van der Waals surface area contributed by atoms with Gasteiger partial charge in [0, 0.05) is 6.42 Å². The van der Waals surface area contributed by atoms with Gasteiger partial charge < -0.3 is 10.0 Å². The molecule has 0 aromatic heterocycles. The number of halogens is 4. The van der Waals surface area contributed by atoms with E-state index in [4.69, 9.17) is 23.2 Å². The van der Waals surface area contributed by atoms with Gasteiger partial charge in [0.05, 0.1) is 39.7 Å². The van der Waals surface area contributed by atoms with Gasteiger partial charge in [-0.05, 0) is 31.2 Å². The quantitative estimate of drug-likeness (QED) is 0.391. The van der Waals surface area contributed by atoms with E-state index >= 15 is 0 Å². The molecule has 0 bridgehead atoms. The molecule has 1 atom stereocenters. The zero-order valence-electron chi connectivity index (χ0n) is 15.8.